The Balaban J connectivity index is 3.44. The summed E-state index contributed by atoms with van der Waals surface area (Å²) >= 11 is 0.0674. The molecule has 2 radical (unpaired) electrons. The summed E-state index contributed by atoms with van der Waals surface area (Å²) in [5.74, 6) is -1.22. The van der Waals surface area contributed by atoms with E-state index >= 15 is 0 Å². The van der Waals surface area contributed by atoms with Crippen molar-refractivity contribution < 1.29 is 34.0 Å². The van der Waals surface area contributed by atoms with Crippen molar-refractivity contribution in [3.63, 3.8) is 0 Å². The Hall–Kier alpha value is -0.847. The molecule has 0 unspecified atom stereocenters. The Kier molecular flexibility index (Phi) is 4.25. The third-order valence-electron chi connectivity index (χ3n) is 1.91. The van der Waals surface area contributed by atoms with Crippen molar-refractivity contribution in [3.05, 3.63) is 34.9 Å². The molecule has 0 atom stereocenters. The van der Waals surface area contributed by atoms with E-state index < -0.39 is 35.0 Å². The van der Waals surface area contributed by atoms with Gasteiger partial charge in [-0.3, -0.25) is 0 Å². The maximum absolute atomic E-state index is 12.4. The van der Waals surface area contributed by atoms with Crippen LogP contribution in [0, 0.1) is 0 Å². The first-order valence-electron chi connectivity index (χ1n) is 4.21. The zero-order chi connectivity index (χ0) is 14.1. The number of hydrogen-bond donors (Lipinski definition) is 0. The van der Waals surface area contributed by atoms with Crippen molar-refractivity contribution >= 4 is 31.1 Å². The number of carbonyl (C=O) groups excluding carboxylic acids is 1. The molecule has 0 bridgehead atoms. The van der Waals surface area contributed by atoms with Gasteiger partial charge in [-0.25, -0.2) is 0 Å². The van der Waals surface area contributed by atoms with Crippen LogP contribution in [-0.2, 0) is 15.2 Å². The van der Waals surface area contributed by atoms with Gasteiger partial charge in [0.25, 0.3) is 0 Å². The van der Waals surface area contributed by atoms with Crippen molar-refractivity contribution in [2.24, 2.45) is 0 Å². The Morgan fingerprint density at radius 3 is 1.61 bits per heavy atom. The minimum atomic E-state index is -4.97. The third-order valence-corrected chi connectivity index (χ3v) is 2.55. The average molecular weight is 466 g/mol. The van der Waals surface area contributed by atoms with Crippen molar-refractivity contribution in [2.45, 2.75) is 12.4 Å². The van der Waals surface area contributed by atoms with Gasteiger partial charge in [-0.1, -0.05) is 0 Å². The van der Waals surface area contributed by atoms with Crippen LogP contribution < -0.4 is 0 Å². The molecule has 9 heteroatoms. The summed E-state index contributed by atoms with van der Waals surface area (Å²) in [7, 11) is 0. The molecule has 0 spiro atoms. The van der Waals surface area contributed by atoms with E-state index in [1.165, 1.54) is 0 Å². The molecule has 0 amide bonds. The Morgan fingerprint density at radius 2 is 1.33 bits per heavy atom. The van der Waals surface area contributed by atoms with Gasteiger partial charge in [-0.2, -0.15) is 0 Å². The molecule has 0 aromatic heterocycles. The van der Waals surface area contributed by atoms with Crippen LogP contribution in [-0.4, -0.2) is 31.1 Å². The summed E-state index contributed by atoms with van der Waals surface area (Å²) in [6, 6.07) is 0.595. The fourth-order valence-corrected chi connectivity index (χ4v) is 1.54. The second-order valence-corrected chi connectivity index (χ2v) is 3.88. The van der Waals surface area contributed by atoms with Gasteiger partial charge in [0.15, 0.2) is 0 Å². The summed E-state index contributed by atoms with van der Waals surface area (Å²) in [5.41, 5.74) is -3.87. The van der Waals surface area contributed by atoms with Crippen LogP contribution in [0.15, 0.2) is 18.2 Å². The van der Waals surface area contributed by atoms with E-state index in [-0.39, 0.29) is 31.2 Å². The first-order valence-corrected chi connectivity index (χ1v) is 5.63. The molecule has 0 aliphatic rings. The molecule has 1 aromatic rings. The monoisotopic (exact) mass is 466 g/mol. The molecule has 1 rings (SSSR count). The molecule has 18 heavy (non-hydrogen) atoms. The van der Waals surface area contributed by atoms with E-state index in [0.29, 0.717) is 12.1 Å². The number of hydrogen-bond acceptors (Lipinski definition) is 2. The van der Waals surface area contributed by atoms with Crippen LogP contribution in [0.1, 0.15) is 21.5 Å². The predicted octanol–water partition coefficient (Wildman–Crippen LogP) is 2.96. The van der Waals surface area contributed by atoms with E-state index in [1.54, 1.807) is 0 Å². The van der Waals surface area contributed by atoms with E-state index in [2.05, 4.69) is 2.81 Å². The van der Waals surface area contributed by atoms with Gasteiger partial charge in [0, 0.05) is 0 Å². The van der Waals surface area contributed by atoms with Gasteiger partial charge in [-0.15, -0.1) is 0 Å². The van der Waals surface area contributed by atoms with E-state index in [0.717, 1.165) is 0 Å². The molecule has 0 heterocycles. The molecule has 0 fully saturated rings. The summed E-state index contributed by atoms with van der Waals surface area (Å²) in [4.78, 5) is 11.0. The normalized spacial score (nSPS) is 12.4. The molecule has 1 aromatic carbocycles. The number of benzene rings is 1. The molecular weight excluding hydrogens is 463 g/mol. The first-order chi connectivity index (χ1) is 8.05. The SMILES string of the molecule is O=C([O][Bi])c1cc(C(F)(F)F)cc(C(F)(F)F)c1. The molecule has 0 saturated heterocycles. The van der Waals surface area contributed by atoms with Crippen LogP contribution in [0.25, 0.3) is 0 Å². The summed E-state index contributed by atoms with van der Waals surface area (Å²) < 4.78 is 78.6. The van der Waals surface area contributed by atoms with Crippen molar-refractivity contribution in [1.82, 2.24) is 0 Å². The van der Waals surface area contributed by atoms with Gasteiger partial charge in [-0.05, 0) is 0 Å². The summed E-state index contributed by atoms with van der Waals surface area (Å²) in [6.45, 7) is 0. The second-order valence-electron chi connectivity index (χ2n) is 3.17. The van der Waals surface area contributed by atoms with Gasteiger partial charge < -0.3 is 0 Å². The molecule has 0 N–H and O–H groups in total. The topological polar surface area (TPSA) is 26.3 Å². The first kappa shape index (κ1) is 15.2. The minimum absolute atomic E-state index is 0.0540. The summed E-state index contributed by atoms with van der Waals surface area (Å²) in [6.07, 6.45) is -9.95. The van der Waals surface area contributed by atoms with E-state index in [9.17, 15) is 31.1 Å². The van der Waals surface area contributed by atoms with Crippen LogP contribution in [0.5, 0.6) is 0 Å². The average Bonchev–Trinajstić information content (AvgIpc) is 2.25. The Morgan fingerprint density at radius 1 is 0.944 bits per heavy atom. The molecule has 2 nitrogen and oxygen atoms in total. The van der Waals surface area contributed by atoms with Crippen LogP contribution in [0.2, 0.25) is 0 Å². The summed E-state index contributed by atoms with van der Waals surface area (Å²) in [5, 5.41) is 0. The van der Waals surface area contributed by atoms with Gasteiger partial charge >= 0.3 is 112 Å². The van der Waals surface area contributed by atoms with Gasteiger partial charge in [0.1, 0.15) is 0 Å². The standard InChI is InChI=1S/C9H4F6O2.Bi/c10-8(11,12)5-1-4(7(16)17)2-6(3-5)9(13,14)15;/h1-3H,(H,16,17);/q;+1/p-1. The van der Waals surface area contributed by atoms with Crippen LogP contribution >= 0.6 is 0 Å². The number of halogens is 6. The fourth-order valence-electron chi connectivity index (χ4n) is 1.13. The fraction of sp³-hybridized carbons (Fsp3) is 0.222. The molecule has 0 aliphatic heterocycles. The van der Waals surface area contributed by atoms with E-state index in [4.69, 9.17) is 0 Å². The molecule has 0 saturated carbocycles. The molecule has 98 valence electrons. The molecule has 0 aliphatic carbocycles. The van der Waals surface area contributed by atoms with Crippen molar-refractivity contribution in [3.8, 4) is 0 Å². The maximum atomic E-state index is 12.4. The van der Waals surface area contributed by atoms with E-state index in [1.807, 2.05) is 0 Å². The van der Waals surface area contributed by atoms with Gasteiger partial charge in [0.05, 0.1) is 0 Å². The number of alkyl halides is 6. The van der Waals surface area contributed by atoms with Crippen LogP contribution in [0.4, 0.5) is 26.3 Å². The quantitative estimate of drug-likeness (QED) is 0.471. The zero-order valence-electron chi connectivity index (χ0n) is 8.26. The van der Waals surface area contributed by atoms with Crippen molar-refractivity contribution in [1.29, 1.82) is 0 Å². The van der Waals surface area contributed by atoms with Gasteiger partial charge in [0.2, 0.25) is 0 Å². The zero-order valence-corrected chi connectivity index (χ0v) is 11.7. The van der Waals surface area contributed by atoms with Crippen molar-refractivity contribution in [2.75, 3.05) is 0 Å². The molecular formula is C9H3BiF6O2. The number of carbonyl (C=O) groups is 1. The number of rotatable bonds is 1. The third kappa shape index (κ3) is 3.57. The second kappa shape index (κ2) is 5.03. The Labute approximate surface area is 112 Å². The predicted molar refractivity (Wildman–Crippen MR) is 47.6 cm³/mol. The van der Waals surface area contributed by atoms with Crippen LogP contribution in [0.3, 0.4) is 0 Å². The Bertz CT molecular complexity index is 433.